The second-order valence-electron chi connectivity index (χ2n) is 5.16. The Hall–Kier alpha value is -1.25. The van der Waals surface area contributed by atoms with Crippen LogP contribution in [0.4, 0.5) is 0 Å². The number of nitrogens with zero attached hydrogens (tertiary/aromatic N) is 4. The number of carboxylic acid groups (broad SMARTS) is 1. The van der Waals surface area contributed by atoms with Gasteiger partial charge < -0.3 is 9.67 Å². The quantitative estimate of drug-likeness (QED) is 0.896. The molecular formula is C13H15BrN4O2S. The van der Waals surface area contributed by atoms with Crippen LogP contribution in [-0.4, -0.2) is 36.8 Å². The smallest absolute Gasteiger partial charge is 0.322 e. The molecule has 1 unspecified atom stereocenters. The van der Waals surface area contributed by atoms with Crippen LogP contribution < -0.4 is 0 Å². The number of halogens is 1. The van der Waals surface area contributed by atoms with Crippen LogP contribution in [0.25, 0.3) is 0 Å². The Morgan fingerprint density at radius 2 is 2.29 bits per heavy atom. The summed E-state index contributed by atoms with van der Waals surface area (Å²) in [5, 5.41) is 17.7. The number of rotatable bonds is 3. The summed E-state index contributed by atoms with van der Waals surface area (Å²) in [6.45, 7) is 5.39. The molecule has 1 aliphatic heterocycles. The zero-order valence-electron chi connectivity index (χ0n) is 11.7. The van der Waals surface area contributed by atoms with Gasteiger partial charge in [-0.25, -0.2) is 0 Å². The average Bonchev–Trinajstić information content (AvgIpc) is 2.92. The maximum Gasteiger partial charge on any atom is 0.322 e. The Morgan fingerprint density at radius 3 is 2.90 bits per heavy atom. The topological polar surface area (TPSA) is 71.2 Å². The van der Waals surface area contributed by atoms with Crippen molar-refractivity contribution in [2.45, 2.75) is 39.5 Å². The molecule has 0 bridgehead atoms. The summed E-state index contributed by atoms with van der Waals surface area (Å²) in [6.07, 6.45) is 0. The van der Waals surface area contributed by atoms with Crippen molar-refractivity contribution in [3.8, 4) is 0 Å². The molecule has 2 aromatic heterocycles. The molecule has 0 aromatic carbocycles. The van der Waals surface area contributed by atoms with E-state index in [0.717, 1.165) is 21.0 Å². The summed E-state index contributed by atoms with van der Waals surface area (Å²) in [4.78, 5) is 15.9. The Labute approximate surface area is 134 Å². The van der Waals surface area contributed by atoms with Crippen molar-refractivity contribution in [2.75, 3.05) is 0 Å². The number of carbonyl (C=O) groups is 1. The van der Waals surface area contributed by atoms with Crippen LogP contribution in [0.1, 0.15) is 21.4 Å². The average molecular weight is 371 g/mol. The Morgan fingerprint density at radius 1 is 1.52 bits per heavy atom. The van der Waals surface area contributed by atoms with Gasteiger partial charge in [-0.15, -0.1) is 21.5 Å². The molecule has 0 fully saturated rings. The van der Waals surface area contributed by atoms with E-state index in [2.05, 4.69) is 32.2 Å². The lowest BCUT2D eigenvalue weighted by Gasteiger charge is -2.33. The van der Waals surface area contributed by atoms with Gasteiger partial charge in [0, 0.05) is 20.8 Å². The lowest BCUT2D eigenvalue weighted by Crippen LogP contribution is -2.47. The zero-order valence-corrected chi connectivity index (χ0v) is 14.1. The SMILES string of the molecule is Cc1cc(Br)c(CN2Cc3nnc(C)n3CC2C(=O)O)s1. The van der Waals surface area contributed by atoms with Crippen molar-refractivity contribution >= 4 is 33.2 Å². The number of hydrogen-bond donors (Lipinski definition) is 1. The molecule has 0 spiro atoms. The highest BCUT2D eigenvalue weighted by atomic mass is 79.9. The van der Waals surface area contributed by atoms with E-state index in [1.165, 1.54) is 4.88 Å². The number of aryl methyl sites for hydroxylation is 2. The highest BCUT2D eigenvalue weighted by Crippen LogP contribution is 2.30. The summed E-state index contributed by atoms with van der Waals surface area (Å²) < 4.78 is 2.93. The molecule has 2 aromatic rings. The van der Waals surface area contributed by atoms with Crippen molar-refractivity contribution < 1.29 is 9.90 Å². The monoisotopic (exact) mass is 370 g/mol. The third-order valence-electron chi connectivity index (χ3n) is 3.67. The summed E-state index contributed by atoms with van der Waals surface area (Å²) >= 11 is 5.22. The molecule has 0 amide bonds. The van der Waals surface area contributed by atoms with Gasteiger partial charge in [0.05, 0.1) is 13.1 Å². The number of aromatic nitrogens is 3. The first-order chi connectivity index (χ1) is 9.95. The zero-order chi connectivity index (χ0) is 15.1. The lowest BCUT2D eigenvalue weighted by molar-refractivity contribution is -0.145. The molecule has 3 rings (SSSR count). The van der Waals surface area contributed by atoms with Gasteiger partial charge in [0.25, 0.3) is 0 Å². The van der Waals surface area contributed by atoms with Gasteiger partial charge >= 0.3 is 5.97 Å². The van der Waals surface area contributed by atoms with Gasteiger partial charge in [0.2, 0.25) is 0 Å². The van der Waals surface area contributed by atoms with Crippen LogP contribution in [-0.2, 0) is 24.4 Å². The fourth-order valence-electron chi connectivity index (χ4n) is 2.58. The van der Waals surface area contributed by atoms with Crippen LogP contribution in [0, 0.1) is 13.8 Å². The highest BCUT2D eigenvalue weighted by molar-refractivity contribution is 9.10. The van der Waals surface area contributed by atoms with E-state index >= 15 is 0 Å². The van der Waals surface area contributed by atoms with E-state index < -0.39 is 12.0 Å². The normalized spacial score (nSPS) is 18.7. The molecule has 112 valence electrons. The molecular weight excluding hydrogens is 356 g/mol. The van der Waals surface area contributed by atoms with E-state index in [1.54, 1.807) is 11.3 Å². The first-order valence-corrected chi connectivity index (χ1v) is 8.17. The van der Waals surface area contributed by atoms with E-state index in [0.29, 0.717) is 19.6 Å². The molecule has 0 saturated heterocycles. The van der Waals surface area contributed by atoms with Crippen LogP contribution >= 0.6 is 27.3 Å². The highest BCUT2D eigenvalue weighted by Gasteiger charge is 2.33. The van der Waals surface area contributed by atoms with Crippen molar-refractivity contribution in [3.05, 3.63) is 31.9 Å². The third-order valence-corrected chi connectivity index (χ3v) is 5.67. The number of aliphatic carboxylic acids is 1. The summed E-state index contributed by atoms with van der Waals surface area (Å²) in [5.41, 5.74) is 0. The number of carboxylic acids is 1. The van der Waals surface area contributed by atoms with E-state index in [4.69, 9.17) is 0 Å². The van der Waals surface area contributed by atoms with Crippen molar-refractivity contribution in [1.82, 2.24) is 19.7 Å². The lowest BCUT2D eigenvalue weighted by atomic mass is 10.2. The van der Waals surface area contributed by atoms with E-state index in [1.807, 2.05) is 23.3 Å². The predicted octanol–water partition coefficient (Wildman–Crippen LogP) is 2.19. The van der Waals surface area contributed by atoms with Gasteiger partial charge in [-0.2, -0.15) is 0 Å². The molecule has 0 radical (unpaired) electrons. The Bertz CT molecular complexity index is 696. The van der Waals surface area contributed by atoms with Gasteiger partial charge in [-0.05, 0) is 35.8 Å². The fourth-order valence-corrected chi connectivity index (χ4v) is 4.40. The van der Waals surface area contributed by atoms with Crippen LogP contribution in [0.2, 0.25) is 0 Å². The first-order valence-electron chi connectivity index (χ1n) is 6.56. The summed E-state index contributed by atoms with van der Waals surface area (Å²) in [5.74, 6) is 0.789. The van der Waals surface area contributed by atoms with Gasteiger partial charge in [-0.1, -0.05) is 0 Å². The molecule has 1 atom stereocenters. The largest absolute Gasteiger partial charge is 0.480 e. The molecule has 3 heterocycles. The Kier molecular flexibility index (Phi) is 3.85. The maximum atomic E-state index is 11.6. The molecule has 21 heavy (non-hydrogen) atoms. The van der Waals surface area contributed by atoms with E-state index in [-0.39, 0.29) is 0 Å². The second-order valence-corrected chi connectivity index (χ2v) is 7.36. The fraction of sp³-hybridized carbons (Fsp3) is 0.462. The van der Waals surface area contributed by atoms with Crippen molar-refractivity contribution in [1.29, 1.82) is 0 Å². The summed E-state index contributed by atoms with van der Waals surface area (Å²) in [6, 6.07) is 1.51. The van der Waals surface area contributed by atoms with Gasteiger partial charge in [0.15, 0.2) is 0 Å². The minimum absolute atomic E-state index is 0.394. The van der Waals surface area contributed by atoms with Crippen LogP contribution in [0.5, 0.6) is 0 Å². The number of thiophene rings is 1. The van der Waals surface area contributed by atoms with Crippen LogP contribution in [0.3, 0.4) is 0 Å². The molecule has 0 saturated carbocycles. The third kappa shape index (κ3) is 2.75. The van der Waals surface area contributed by atoms with Crippen molar-refractivity contribution in [3.63, 3.8) is 0 Å². The second kappa shape index (κ2) is 5.51. The van der Waals surface area contributed by atoms with Crippen LogP contribution in [0.15, 0.2) is 10.5 Å². The summed E-state index contributed by atoms with van der Waals surface area (Å²) in [7, 11) is 0. The molecule has 8 heteroatoms. The van der Waals surface area contributed by atoms with Gasteiger partial charge in [-0.3, -0.25) is 9.69 Å². The molecule has 0 aliphatic carbocycles. The molecule has 6 nitrogen and oxygen atoms in total. The standard InChI is InChI=1S/C13H15BrN4O2S/c1-7-3-9(14)11(21-7)5-17-6-12-16-15-8(2)18(12)4-10(17)13(19)20/h3,10H,4-6H2,1-2H3,(H,19,20). The minimum atomic E-state index is -0.807. The Balaban J connectivity index is 1.89. The predicted molar refractivity (Wildman–Crippen MR) is 82.2 cm³/mol. The maximum absolute atomic E-state index is 11.6. The van der Waals surface area contributed by atoms with Crippen molar-refractivity contribution in [2.24, 2.45) is 0 Å². The number of fused-ring (bicyclic) bond motifs is 1. The number of hydrogen-bond acceptors (Lipinski definition) is 5. The van der Waals surface area contributed by atoms with E-state index in [9.17, 15) is 9.90 Å². The molecule has 1 N–H and O–H groups in total. The first kappa shape index (κ1) is 14.7. The van der Waals surface area contributed by atoms with Gasteiger partial charge in [0.1, 0.15) is 17.7 Å². The minimum Gasteiger partial charge on any atom is -0.480 e. The molecule has 1 aliphatic rings.